The molecule has 0 bridgehead atoms. The van der Waals surface area contributed by atoms with Crippen molar-refractivity contribution >= 4 is 11.9 Å². The highest BCUT2D eigenvalue weighted by atomic mass is 19.1. The lowest BCUT2D eigenvalue weighted by Crippen LogP contribution is -2.29. The van der Waals surface area contributed by atoms with Crippen LogP contribution in [0.3, 0.4) is 0 Å². The van der Waals surface area contributed by atoms with E-state index in [9.17, 15) is 9.18 Å². The van der Waals surface area contributed by atoms with E-state index >= 15 is 0 Å². The molecule has 0 radical (unpaired) electrons. The first-order chi connectivity index (χ1) is 8.08. The quantitative estimate of drug-likeness (QED) is 0.825. The van der Waals surface area contributed by atoms with Crippen molar-refractivity contribution < 1.29 is 13.9 Å². The Labute approximate surface area is 97.5 Å². The normalized spacial score (nSPS) is 13.7. The number of nitrogens with zero attached hydrogens (tertiary/aromatic N) is 1. The third-order valence-corrected chi connectivity index (χ3v) is 2.61. The molecular formula is C11H12FN3O2. The van der Waals surface area contributed by atoms with Gasteiger partial charge in [-0.3, -0.25) is 5.41 Å². The Bertz CT molecular complexity index is 476. The fraction of sp³-hybridized carbons (Fsp3) is 0.273. The zero-order chi connectivity index (χ0) is 12.4. The lowest BCUT2D eigenvalue weighted by atomic mass is 10.1. The number of amidine groups is 1. The van der Waals surface area contributed by atoms with E-state index in [2.05, 4.69) is 4.74 Å². The van der Waals surface area contributed by atoms with Gasteiger partial charge in [0.2, 0.25) is 0 Å². The number of rotatable bonds is 3. The summed E-state index contributed by atoms with van der Waals surface area (Å²) in [6.45, 7) is 1.02. The van der Waals surface area contributed by atoms with Gasteiger partial charge in [-0.25, -0.2) is 9.18 Å². The van der Waals surface area contributed by atoms with E-state index in [1.807, 2.05) is 0 Å². The van der Waals surface area contributed by atoms with Gasteiger partial charge in [-0.15, -0.1) is 0 Å². The number of nitrogens with one attached hydrogen (secondary N) is 1. The average molecular weight is 237 g/mol. The third kappa shape index (κ3) is 2.35. The molecule has 1 aromatic carbocycles. The highest BCUT2D eigenvalue weighted by Gasteiger charge is 2.24. The second-order valence-corrected chi connectivity index (χ2v) is 3.74. The Morgan fingerprint density at radius 3 is 3.06 bits per heavy atom. The van der Waals surface area contributed by atoms with Crippen LogP contribution in [0.2, 0.25) is 0 Å². The summed E-state index contributed by atoms with van der Waals surface area (Å²) in [4.78, 5) is 12.1. The van der Waals surface area contributed by atoms with Crippen molar-refractivity contribution in [2.24, 2.45) is 5.73 Å². The van der Waals surface area contributed by atoms with Gasteiger partial charge in [-0.05, 0) is 17.7 Å². The van der Waals surface area contributed by atoms with Crippen LogP contribution in [0.15, 0.2) is 18.2 Å². The standard InChI is InChI=1S/C11H12FN3O2/c12-8-2-1-7-6-15(3-4-17-11(14)16)10(13)9(7)5-8/h1-2,5,13H,3-4,6H2,(H2,14,16). The first-order valence-corrected chi connectivity index (χ1v) is 5.12. The van der Waals surface area contributed by atoms with Crippen molar-refractivity contribution in [3.05, 3.63) is 35.1 Å². The Morgan fingerprint density at radius 1 is 1.59 bits per heavy atom. The van der Waals surface area contributed by atoms with Crippen LogP contribution in [0.25, 0.3) is 0 Å². The predicted molar refractivity (Wildman–Crippen MR) is 59.2 cm³/mol. The molecule has 0 saturated carbocycles. The number of hydrogen-bond acceptors (Lipinski definition) is 3. The Morgan fingerprint density at radius 2 is 2.35 bits per heavy atom. The molecule has 1 aromatic rings. The SMILES string of the molecule is N=C1c2cc(F)ccc2CN1CCOC(N)=O. The topological polar surface area (TPSA) is 79.4 Å². The van der Waals surface area contributed by atoms with Crippen LogP contribution in [0, 0.1) is 11.2 Å². The lowest BCUT2D eigenvalue weighted by molar-refractivity contribution is 0.148. The fourth-order valence-corrected chi connectivity index (χ4v) is 1.81. The first-order valence-electron chi connectivity index (χ1n) is 5.12. The summed E-state index contributed by atoms with van der Waals surface area (Å²) in [5.41, 5.74) is 6.32. The molecule has 0 saturated heterocycles. The van der Waals surface area contributed by atoms with Crippen molar-refractivity contribution in [1.82, 2.24) is 4.90 Å². The minimum absolute atomic E-state index is 0.119. The number of carbonyl (C=O) groups excluding carboxylic acids is 1. The summed E-state index contributed by atoms with van der Waals surface area (Å²) >= 11 is 0. The smallest absolute Gasteiger partial charge is 0.404 e. The number of halogens is 1. The molecule has 0 fully saturated rings. The summed E-state index contributed by atoms with van der Waals surface area (Å²) in [5.74, 6) is -0.115. The zero-order valence-corrected chi connectivity index (χ0v) is 9.07. The van der Waals surface area contributed by atoms with Crippen molar-refractivity contribution in [2.45, 2.75) is 6.54 Å². The summed E-state index contributed by atoms with van der Waals surface area (Å²) in [6, 6.07) is 4.37. The molecule has 1 aliphatic heterocycles. The summed E-state index contributed by atoms with van der Waals surface area (Å²) in [5, 5.41) is 7.86. The maximum atomic E-state index is 13.0. The lowest BCUT2D eigenvalue weighted by Gasteiger charge is -2.16. The van der Waals surface area contributed by atoms with Gasteiger partial charge >= 0.3 is 6.09 Å². The molecular weight excluding hydrogens is 225 g/mol. The van der Waals surface area contributed by atoms with Gasteiger partial charge in [0.05, 0.1) is 6.54 Å². The zero-order valence-electron chi connectivity index (χ0n) is 9.07. The van der Waals surface area contributed by atoms with E-state index in [4.69, 9.17) is 11.1 Å². The number of benzene rings is 1. The highest BCUT2D eigenvalue weighted by molar-refractivity contribution is 6.00. The minimum atomic E-state index is -0.834. The van der Waals surface area contributed by atoms with E-state index < -0.39 is 6.09 Å². The van der Waals surface area contributed by atoms with Gasteiger partial charge in [0.25, 0.3) is 0 Å². The van der Waals surface area contributed by atoms with Crippen LogP contribution < -0.4 is 5.73 Å². The fourth-order valence-electron chi connectivity index (χ4n) is 1.81. The van der Waals surface area contributed by atoms with Crippen LogP contribution >= 0.6 is 0 Å². The van der Waals surface area contributed by atoms with Gasteiger partial charge in [0, 0.05) is 12.1 Å². The molecule has 0 spiro atoms. The molecule has 0 aromatic heterocycles. The van der Waals surface area contributed by atoms with Gasteiger partial charge in [0.1, 0.15) is 18.3 Å². The maximum Gasteiger partial charge on any atom is 0.404 e. The maximum absolute atomic E-state index is 13.0. The first kappa shape index (κ1) is 11.4. The largest absolute Gasteiger partial charge is 0.448 e. The van der Waals surface area contributed by atoms with Crippen LogP contribution in [0.4, 0.5) is 9.18 Å². The number of ether oxygens (including phenoxy) is 1. The molecule has 0 unspecified atom stereocenters. The minimum Gasteiger partial charge on any atom is -0.448 e. The van der Waals surface area contributed by atoms with Crippen molar-refractivity contribution in [3.8, 4) is 0 Å². The van der Waals surface area contributed by atoms with E-state index in [0.717, 1.165) is 5.56 Å². The van der Waals surface area contributed by atoms with Gasteiger partial charge in [0.15, 0.2) is 0 Å². The molecule has 1 aliphatic rings. The molecule has 17 heavy (non-hydrogen) atoms. The number of carbonyl (C=O) groups is 1. The number of amides is 1. The predicted octanol–water partition coefficient (Wildman–Crippen LogP) is 1.06. The molecule has 6 heteroatoms. The Kier molecular flexibility index (Phi) is 2.95. The molecule has 0 aliphatic carbocycles. The molecule has 2 rings (SSSR count). The number of nitrogens with two attached hydrogens (primary N) is 1. The van der Waals surface area contributed by atoms with Crippen molar-refractivity contribution in [1.29, 1.82) is 5.41 Å². The molecule has 90 valence electrons. The Balaban J connectivity index is 2.02. The van der Waals surface area contributed by atoms with E-state index in [1.165, 1.54) is 12.1 Å². The number of hydrogen-bond donors (Lipinski definition) is 2. The van der Waals surface area contributed by atoms with Gasteiger partial charge < -0.3 is 15.4 Å². The molecule has 1 amide bonds. The molecule has 0 atom stereocenters. The average Bonchev–Trinajstić information content (AvgIpc) is 2.56. The van der Waals surface area contributed by atoms with E-state index in [0.29, 0.717) is 18.7 Å². The highest BCUT2D eigenvalue weighted by Crippen LogP contribution is 2.22. The summed E-state index contributed by atoms with van der Waals surface area (Å²) in [7, 11) is 0. The second-order valence-electron chi connectivity index (χ2n) is 3.74. The summed E-state index contributed by atoms with van der Waals surface area (Å²) < 4.78 is 17.6. The number of fused-ring (bicyclic) bond motifs is 1. The second kappa shape index (κ2) is 4.40. The summed E-state index contributed by atoms with van der Waals surface area (Å²) in [6.07, 6.45) is -0.834. The Hall–Kier alpha value is -2.11. The van der Waals surface area contributed by atoms with Crippen molar-refractivity contribution in [2.75, 3.05) is 13.2 Å². The van der Waals surface area contributed by atoms with E-state index in [1.54, 1.807) is 11.0 Å². The molecule has 5 nitrogen and oxygen atoms in total. The van der Waals surface area contributed by atoms with Crippen LogP contribution in [0.1, 0.15) is 11.1 Å². The van der Waals surface area contributed by atoms with Crippen molar-refractivity contribution in [3.63, 3.8) is 0 Å². The van der Waals surface area contributed by atoms with Crippen LogP contribution in [0.5, 0.6) is 0 Å². The van der Waals surface area contributed by atoms with Gasteiger partial charge in [-0.2, -0.15) is 0 Å². The molecule has 1 heterocycles. The van der Waals surface area contributed by atoms with Gasteiger partial charge in [-0.1, -0.05) is 6.07 Å². The van der Waals surface area contributed by atoms with E-state index in [-0.39, 0.29) is 18.3 Å². The van der Waals surface area contributed by atoms with Crippen LogP contribution in [-0.2, 0) is 11.3 Å². The third-order valence-electron chi connectivity index (χ3n) is 2.61. The number of primary amides is 1. The van der Waals surface area contributed by atoms with Crippen LogP contribution in [-0.4, -0.2) is 30.0 Å². The monoisotopic (exact) mass is 237 g/mol. The molecule has 3 N–H and O–H groups in total.